The van der Waals surface area contributed by atoms with E-state index >= 15 is 0 Å². The third kappa shape index (κ3) is 6.01. The van der Waals surface area contributed by atoms with Gasteiger partial charge in [0.1, 0.15) is 5.75 Å². The molecule has 0 saturated carbocycles. The Hall–Kier alpha value is -2.78. The maximum Gasteiger partial charge on any atom is 0.315 e. The minimum Gasteiger partial charge on any atom is -0.497 e. The molecule has 2 heterocycles. The molecule has 2 aliphatic rings. The van der Waals surface area contributed by atoms with Crippen molar-refractivity contribution in [2.45, 2.75) is 49.6 Å². The van der Waals surface area contributed by atoms with Crippen molar-refractivity contribution in [3.63, 3.8) is 0 Å². The highest BCUT2D eigenvalue weighted by molar-refractivity contribution is 7.89. The van der Waals surface area contributed by atoms with Crippen LogP contribution in [0.1, 0.15) is 37.7 Å². The van der Waals surface area contributed by atoms with E-state index in [4.69, 9.17) is 4.74 Å². The van der Waals surface area contributed by atoms with E-state index in [1.54, 1.807) is 35.7 Å². The molecule has 2 N–H and O–H groups in total. The quantitative estimate of drug-likeness (QED) is 0.627. The Kier molecular flexibility index (Phi) is 7.95. The van der Waals surface area contributed by atoms with Crippen molar-refractivity contribution < 1.29 is 17.9 Å². The second-order valence-corrected chi connectivity index (χ2v) is 10.8. The van der Waals surface area contributed by atoms with Gasteiger partial charge in [-0.25, -0.2) is 13.2 Å². The van der Waals surface area contributed by atoms with Gasteiger partial charge in [-0.15, -0.1) is 0 Å². The van der Waals surface area contributed by atoms with Crippen LogP contribution < -0.4 is 20.3 Å². The van der Waals surface area contributed by atoms with Gasteiger partial charge in [-0.2, -0.15) is 4.31 Å². The van der Waals surface area contributed by atoms with Crippen LogP contribution in [0.3, 0.4) is 0 Å². The number of rotatable bonds is 7. The maximum atomic E-state index is 12.8. The van der Waals surface area contributed by atoms with Gasteiger partial charge < -0.3 is 20.3 Å². The first-order valence-electron chi connectivity index (χ1n) is 12.0. The van der Waals surface area contributed by atoms with Gasteiger partial charge in [0.15, 0.2) is 0 Å². The number of urea groups is 1. The van der Waals surface area contributed by atoms with Crippen molar-refractivity contribution >= 4 is 21.7 Å². The Labute approximate surface area is 202 Å². The van der Waals surface area contributed by atoms with Crippen LogP contribution in [-0.2, 0) is 16.6 Å². The molecular formula is C25H34N4O4S. The van der Waals surface area contributed by atoms with Crippen LogP contribution in [0.25, 0.3) is 0 Å². The van der Waals surface area contributed by atoms with E-state index in [1.165, 1.54) is 0 Å². The van der Waals surface area contributed by atoms with E-state index < -0.39 is 10.0 Å². The number of methoxy groups -OCH3 is 1. The van der Waals surface area contributed by atoms with Crippen molar-refractivity contribution in [2.24, 2.45) is 0 Å². The molecule has 0 radical (unpaired) electrons. The average Bonchev–Trinajstić information content (AvgIpc) is 2.89. The van der Waals surface area contributed by atoms with Crippen LogP contribution in [0.5, 0.6) is 5.75 Å². The van der Waals surface area contributed by atoms with E-state index in [0.717, 1.165) is 62.2 Å². The highest BCUT2D eigenvalue weighted by Gasteiger charge is 2.26. The van der Waals surface area contributed by atoms with E-state index in [0.29, 0.717) is 24.5 Å². The van der Waals surface area contributed by atoms with Crippen LogP contribution in [0.4, 0.5) is 10.5 Å². The maximum absolute atomic E-state index is 12.8. The molecule has 2 aromatic carbocycles. The number of carbonyl (C=O) groups is 1. The topological polar surface area (TPSA) is 91.0 Å². The first-order valence-corrected chi connectivity index (χ1v) is 13.4. The molecule has 0 aliphatic carbocycles. The zero-order valence-electron chi connectivity index (χ0n) is 19.7. The van der Waals surface area contributed by atoms with Gasteiger partial charge in [0.2, 0.25) is 10.0 Å². The number of piperidine rings is 2. The van der Waals surface area contributed by atoms with E-state index in [1.807, 2.05) is 12.1 Å². The summed E-state index contributed by atoms with van der Waals surface area (Å²) in [6, 6.07) is 14.8. The molecule has 2 amide bonds. The number of hydrogen-bond donors (Lipinski definition) is 2. The Morgan fingerprint density at radius 1 is 0.941 bits per heavy atom. The summed E-state index contributed by atoms with van der Waals surface area (Å²) < 4.78 is 32.3. The van der Waals surface area contributed by atoms with Crippen molar-refractivity contribution in [2.75, 3.05) is 38.2 Å². The van der Waals surface area contributed by atoms with Gasteiger partial charge in [-0.3, -0.25) is 0 Å². The highest BCUT2D eigenvalue weighted by Crippen LogP contribution is 2.23. The summed E-state index contributed by atoms with van der Waals surface area (Å²) in [6.07, 6.45) is 4.67. The summed E-state index contributed by atoms with van der Waals surface area (Å²) >= 11 is 0. The highest BCUT2D eigenvalue weighted by atomic mass is 32.2. The smallest absolute Gasteiger partial charge is 0.315 e. The zero-order chi connectivity index (χ0) is 24.0. The van der Waals surface area contributed by atoms with Crippen LogP contribution in [0.15, 0.2) is 53.4 Å². The standard InChI is InChI=1S/C25H34N4O4S/c1-33-23-9-7-22(8-10-23)28-17-13-21(14-18-28)27-25(30)26-19-20-5-11-24(12-6-20)34(31,32)29-15-3-2-4-16-29/h5-12,21H,2-4,13-19H2,1H3,(H2,26,27,30). The number of anilines is 1. The average molecular weight is 487 g/mol. The first kappa shape index (κ1) is 24.3. The Balaban J connectivity index is 1.21. The van der Waals surface area contributed by atoms with Crippen LogP contribution in [0.2, 0.25) is 0 Å². The summed E-state index contributed by atoms with van der Waals surface area (Å²) in [5, 5.41) is 5.94. The molecule has 8 nitrogen and oxygen atoms in total. The molecule has 4 rings (SSSR count). The third-order valence-corrected chi connectivity index (χ3v) is 8.51. The number of nitrogens with zero attached hydrogens (tertiary/aromatic N) is 2. The summed E-state index contributed by atoms with van der Waals surface area (Å²) in [7, 11) is -1.77. The molecule has 2 aromatic rings. The molecule has 0 spiro atoms. The molecule has 2 fully saturated rings. The normalized spacial score (nSPS) is 17.9. The molecule has 9 heteroatoms. The number of nitrogens with one attached hydrogen (secondary N) is 2. The first-order chi connectivity index (χ1) is 16.5. The Bertz CT molecular complexity index is 1040. The van der Waals surface area contributed by atoms with Crippen LogP contribution in [-0.4, -0.2) is 58.1 Å². The minimum atomic E-state index is -3.43. The predicted octanol–water partition coefficient (Wildman–Crippen LogP) is 3.34. The fraction of sp³-hybridized carbons (Fsp3) is 0.480. The van der Waals surface area contributed by atoms with Gasteiger partial charge >= 0.3 is 6.03 Å². The largest absolute Gasteiger partial charge is 0.497 e. The molecule has 0 unspecified atom stereocenters. The Morgan fingerprint density at radius 3 is 2.21 bits per heavy atom. The predicted molar refractivity (Wildman–Crippen MR) is 133 cm³/mol. The second-order valence-electron chi connectivity index (χ2n) is 8.90. The van der Waals surface area contributed by atoms with Crippen molar-refractivity contribution in [1.82, 2.24) is 14.9 Å². The van der Waals surface area contributed by atoms with Crippen LogP contribution in [0, 0.1) is 0 Å². The number of hydrogen-bond acceptors (Lipinski definition) is 5. The van der Waals surface area contributed by atoms with Gasteiger partial charge in [0, 0.05) is 44.5 Å². The fourth-order valence-electron chi connectivity index (χ4n) is 4.53. The van der Waals surface area contributed by atoms with Crippen molar-refractivity contribution in [1.29, 1.82) is 0 Å². The number of ether oxygens (including phenoxy) is 1. The van der Waals surface area contributed by atoms with Crippen molar-refractivity contribution in [3.8, 4) is 5.75 Å². The lowest BCUT2D eigenvalue weighted by molar-refractivity contribution is 0.234. The molecule has 2 aliphatic heterocycles. The number of benzene rings is 2. The van der Waals surface area contributed by atoms with Gasteiger partial charge in [-0.1, -0.05) is 18.6 Å². The van der Waals surface area contributed by atoms with Gasteiger partial charge in [0.05, 0.1) is 12.0 Å². The summed E-state index contributed by atoms with van der Waals surface area (Å²) in [6.45, 7) is 3.28. The monoisotopic (exact) mass is 486 g/mol. The molecule has 34 heavy (non-hydrogen) atoms. The van der Waals surface area contributed by atoms with Gasteiger partial charge in [0.25, 0.3) is 0 Å². The fourth-order valence-corrected chi connectivity index (χ4v) is 6.04. The Morgan fingerprint density at radius 2 is 1.59 bits per heavy atom. The third-order valence-electron chi connectivity index (χ3n) is 6.60. The lowest BCUT2D eigenvalue weighted by atomic mass is 10.0. The minimum absolute atomic E-state index is 0.131. The molecule has 0 bridgehead atoms. The summed E-state index contributed by atoms with van der Waals surface area (Å²) in [4.78, 5) is 15.0. The summed E-state index contributed by atoms with van der Waals surface area (Å²) in [5.74, 6) is 0.843. The molecule has 0 aromatic heterocycles. The van der Waals surface area contributed by atoms with E-state index in [9.17, 15) is 13.2 Å². The van der Waals surface area contributed by atoms with E-state index in [2.05, 4.69) is 27.7 Å². The molecule has 2 saturated heterocycles. The van der Waals surface area contributed by atoms with Crippen LogP contribution >= 0.6 is 0 Å². The number of sulfonamides is 1. The van der Waals surface area contributed by atoms with E-state index in [-0.39, 0.29) is 12.1 Å². The van der Waals surface area contributed by atoms with Crippen molar-refractivity contribution in [3.05, 3.63) is 54.1 Å². The molecular weight excluding hydrogens is 452 g/mol. The summed E-state index contributed by atoms with van der Waals surface area (Å²) in [5.41, 5.74) is 2.02. The SMILES string of the molecule is COc1ccc(N2CCC(NC(=O)NCc3ccc(S(=O)(=O)N4CCCCC4)cc3)CC2)cc1. The van der Waals surface area contributed by atoms with Gasteiger partial charge in [-0.05, 0) is 67.6 Å². The lowest BCUT2D eigenvalue weighted by Crippen LogP contribution is -2.47. The molecule has 0 atom stereocenters. The molecule has 184 valence electrons. The lowest BCUT2D eigenvalue weighted by Gasteiger charge is -2.34. The number of amides is 2. The zero-order valence-corrected chi connectivity index (χ0v) is 20.5. The second kappa shape index (κ2) is 11.1. The number of carbonyl (C=O) groups excluding carboxylic acids is 1.